The zero-order chi connectivity index (χ0) is 18.3. The molecule has 136 valence electrons. The summed E-state index contributed by atoms with van der Waals surface area (Å²) in [4.78, 5) is 34.3. The molecular weight excluding hydrogens is 402 g/mol. The first kappa shape index (κ1) is 16.9. The Hall–Kier alpha value is -2.55. The molecule has 3 heterocycles. The molecule has 2 aliphatic rings. The topological polar surface area (TPSA) is 105 Å². The van der Waals surface area contributed by atoms with Gasteiger partial charge in [0, 0.05) is 36.2 Å². The van der Waals surface area contributed by atoms with Crippen LogP contribution in [0, 0.1) is 0 Å². The fourth-order valence-corrected chi connectivity index (χ4v) is 3.81. The highest BCUT2D eigenvalue weighted by Gasteiger charge is 2.35. The predicted molar refractivity (Wildman–Crippen MR) is 100 cm³/mol. The summed E-state index contributed by atoms with van der Waals surface area (Å²) in [6.07, 6.45) is 1.48. The lowest BCUT2D eigenvalue weighted by Crippen LogP contribution is -2.50. The van der Waals surface area contributed by atoms with Crippen molar-refractivity contribution in [3.63, 3.8) is 0 Å². The fraction of sp³-hybridized carbons (Fsp3) is 0.353. The van der Waals surface area contributed by atoms with Crippen molar-refractivity contribution in [1.82, 2.24) is 14.9 Å². The number of hydrogen-bond donors (Lipinski definition) is 2. The molecule has 0 radical (unpaired) electrons. The molecule has 1 atom stereocenters. The number of H-pyrrole nitrogens is 1. The number of carbonyl (C=O) groups excluding carboxylic acids is 1. The predicted octanol–water partition coefficient (Wildman–Crippen LogP) is 0.939. The summed E-state index contributed by atoms with van der Waals surface area (Å²) < 4.78 is 6.59. The molecule has 1 amide bonds. The normalized spacial score (nSPS) is 19.2. The molecule has 1 saturated heterocycles. The molecule has 0 spiro atoms. The van der Waals surface area contributed by atoms with Crippen LogP contribution in [0.2, 0.25) is 0 Å². The fourth-order valence-electron chi connectivity index (χ4n) is 3.43. The van der Waals surface area contributed by atoms with E-state index in [0.29, 0.717) is 44.3 Å². The number of carbonyl (C=O) groups is 1. The molecule has 1 aromatic heterocycles. The standard InChI is InChI=1S/C17H18BrN5O3/c18-10-1-2-14-11(7-10)12(9-26-14)16(24)23-5-3-22(4-6-23)13-8-20-17(25)21-15(13)19/h1-2,7-8,12H,3-6,9H2,(H3,19,20,21,25). The molecule has 2 aromatic rings. The molecule has 9 heteroatoms. The summed E-state index contributed by atoms with van der Waals surface area (Å²) >= 11 is 3.45. The van der Waals surface area contributed by atoms with E-state index in [1.807, 2.05) is 28.0 Å². The number of halogens is 1. The zero-order valence-electron chi connectivity index (χ0n) is 13.9. The lowest BCUT2D eigenvalue weighted by Gasteiger charge is -2.37. The van der Waals surface area contributed by atoms with Crippen LogP contribution >= 0.6 is 15.9 Å². The second kappa shape index (κ2) is 6.64. The van der Waals surface area contributed by atoms with Gasteiger partial charge in [0.2, 0.25) is 5.91 Å². The quantitative estimate of drug-likeness (QED) is 0.750. The average molecular weight is 420 g/mol. The molecular formula is C17H18BrN5O3. The number of aromatic nitrogens is 2. The van der Waals surface area contributed by atoms with Crippen LogP contribution < -0.4 is 21.1 Å². The number of anilines is 2. The third-order valence-corrected chi connectivity index (χ3v) is 5.30. The third kappa shape index (κ3) is 3.03. The largest absolute Gasteiger partial charge is 0.492 e. The minimum Gasteiger partial charge on any atom is -0.492 e. The number of aromatic amines is 1. The number of nitrogens with zero attached hydrogens (tertiary/aromatic N) is 3. The molecule has 8 nitrogen and oxygen atoms in total. The van der Waals surface area contributed by atoms with Crippen LogP contribution in [0.25, 0.3) is 0 Å². The third-order valence-electron chi connectivity index (χ3n) is 4.80. The molecule has 3 N–H and O–H groups in total. The molecule has 4 rings (SSSR count). The van der Waals surface area contributed by atoms with Gasteiger partial charge in [0.05, 0.1) is 11.9 Å². The first-order valence-electron chi connectivity index (χ1n) is 8.33. The Balaban J connectivity index is 1.45. The number of fused-ring (bicyclic) bond motifs is 1. The van der Waals surface area contributed by atoms with Gasteiger partial charge >= 0.3 is 5.69 Å². The monoisotopic (exact) mass is 419 g/mol. The number of hydrogen-bond acceptors (Lipinski definition) is 6. The van der Waals surface area contributed by atoms with Crippen molar-refractivity contribution in [3.8, 4) is 5.75 Å². The van der Waals surface area contributed by atoms with Gasteiger partial charge in [0.1, 0.15) is 24.1 Å². The van der Waals surface area contributed by atoms with Gasteiger partial charge in [0.15, 0.2) is 0 Å². The van der Waals surface area contributed by atoms with E-state index in [2.05, 4.69) is 25.9 Å². The Kier molecular flexibility index (Phi) is 4.31. The number of rotatable bonds is 2. The van der Waals surface area contributed by atoms with Gasteiger partial charge in [-0.3, -0.25) is 9.78 Å². The summed E-state index contributed by atoms with van der Waals surface area (Å²) in [5.41, 5.74) is 7.03. The van der Waals surface area contributed by atoms with Crippen molar-refractivity contribution in [2.24, 2.45) is 0 Å². The molecule has 0 aliphatic carbocycles. The minimum absolute atomic E-state index is 0.0778. The Morgan fingerprint density at radius 3 is 2.81 bits per heavy atom. The van der Waals surface area contributed by atoms with Gasteiger partial charge in [0.25, 0.3) is 0 Å². The Bertz CT molecular complexity index is 908. The van der Waals surface area contributed by atoms with E-state index in [-0.39, 0.29) is 11.8 Å². The van der Waals surface area contributed by atoms with Gasteiger partial charge in [-0.05, 0) is 18.2 Å². The van der Waals surface area contributed by atoms with Crippen LogP contribution in [0.3, 0.4) is 0 Å². The SMILES string of the molecule is Nc1[nH]c(=O)ncc1N1CCN(C(=O)C2COc3ccc(Br)cc32)CC1. The maximum absolute atomic E-state index is 13.0. The Morgan fingerprint density at radius 1 is 1.31 bits per heavy atom. The van der Waals surface area contributed by atoms with Crippen molar-refractivity contribution >= 4 is 33.3 Å². The Morgan fingerprint density at radius 2 is 2.08 bits per heavy atom. The van der Waals surface area contributed by atoms with Gasteiger partial charge in [-0.15, -0.1) is 0 Å². The summed E-state index contributed by atoms with van der Waals surface area (Å²) in [6.45, 7) is 2.79. The molecule has 1 aromatic carbocycles. The number of nitrogens with one attached hydrogen (secondary N) is 1. The van der Waals surface area contributed by atoms with Crippen LogP contribution in [-0.4, -0.2) is 53.6 Å². The van der Waals surface area contributed by atoms with E-state index in [1.165, 1.54) is 6.20 Å². The summed E-state index contributed by atoms with van der Waals surface area (Å²) in [5, 5.41) is 0. The minimum atomic E-state index is -0.467. The molecule has 1 fully saturated rings. The van der Waals surface area contributed by atoms with E-state index in [9.17, 15) is 9.59 Å². The van der Waals surface area contributed by atoms with Crippen molar-refractivity contribution in [1.29, 1.82) is 0 Å². The van der Waals surface area contributed by atoms with Gasteiger partial charge in [-0.2, -0.15) is 4.98 Å². The highest BCUT2D eigenvalue weighted by molar-refractivity contribution is 9.10. The molecule has 1 unspecified atom stereocenters. The second-order valence-corrected chi connectivity index (χ2v) is 7.26. The van der Waals surface area contributed by atoms with Crippen LogP contribution in [0.4, 0.5) is 11.5 Å². The van der Waals surface area contributed by atoms with Crippen LogP contribution in [-0.2, 0) is 4.79 Å². The highest BCUT2D eigenvalue weighted by Crippen LogP contribution is 2.37. The first-order valence-corrected chi connectivity index (χ1v) is 9.13. The van der Waals surface area contributed by atoms with Crippen molar-refractivity contribution < 1.29 is 9.53 Å². The average Bonchev–Trinajstić information content (AvgIpc) is 3.04. The molecule has 26 heavy (non-hydrogen) atoms. The maximum Gasteiger partial charge on any atom is 0.346 e. The Labute approximate surface area is 158 Å². The van der Waals surface area contributed by atoms with Gasteiger partial charge in [-0.1, -0.05) is 15.9 Å². The zero-order valence-corrected chi connectivity index (χ0v) is 15.5. The van der Waals surface area contributed by atoms with E-state index in [4.69, 9.17) is 10.5 Å². The summed E-state index contributed by atoms with van der Waals surface area (Å²) in [7, 11) is 0. The van der Waals surface area contributed by atoms with Crippen LogP contribution in [0.5, 0.6) is 5.75 Å². The van der Waals surface area contributed by atoms with E-state index >= 15 is 0 Å². The van der Waals surface area contributed by atoms with Crippen LogP contribution in [0.1, 0.15) is 11.5 Å². The molecule has 2 aliphatic heterocycles. The molecule has 0 saturated carbocycles. The highest BCUT2D eigenvalue weighted by atomic mass is 79.9. The molecule has 0 bridgehead atoms. The summed E-state index contributed by atoms with van der Waals surface area (Å²) in [5.74, 6) is 0.882. The lowest BCUT2D eigenvalue weighted by atomic mass is 9.99. The lowest BCUT2D eigenvalue weighted by molar-refractivity contribution is -0.133. The van der Waals surface area contributed by atoms with Crippen molar-refractivity contribution in [3.05, 3.63) is 44.9 Å². The number of ether oxygens (including phenoxy) is 1. The second-order valence-electron chi connectivity index (χ2n) is 6.35. The van der Waals surface area contributed by atoms with Crippen molar-refractivity contribution in [2.75, 3.05) is 43.4 Å². The van der Waals surface area contributed by atoms with Crippen LogP contribution in [0.15, 0.2) is 33.7 Å². The number of piperazine rings is 1. The van der Waals surface area contributed by atoms with Gasteiger partial charge in [-0.25, -0.2) is 4.79 Å². The van der Waals surface area contributed by atoms with Gasteiger partial charge < -0.3 is 20.3 Å². The maximum atomic E-state index is 13.0. The van der Waals surface area contributed by atoms with E-state index in [1.54, 1.807) is 0 Å². The van der Waals surface area contributed by atoms with Crippen molar-refractivity contribution in [2.45, 2.75) is 5.92 Å². The van der Waals surface area contributed by atoms with E-state index < -0.39 is 5.69 Å². The number of amides is 1. The smallest absolute Gasteiger partial charge is 0.346 e. The number of benzene rings is 1. The summed E-state index contributed by atoms with van der Waals surface area (Å²) in [6, 6.07) is 5.75. The first-order chi connectivity index (χ1) is 12.5. The number of nitrogen functional groups attached to an aromatic ring is 1. The van der Waals surface area contributed by atoms with E-state index in [0.717, 1.165) is 15.8 Å². The number of nitrogens with two attached hydrogens (primary N) is 1.